The molecule has 1 aromatic heterocycles. The zero-order chi connectivity index (χ0) is 14.6. The summed E-state index contributed by atoms with van der Waals surface area (Å²) in [4.78, 5) is 6.17. The van der Waals surface area contributed by atoms with Crippen LogP contribution in [0.15, 0.2) is 54.9 Å². The molecule has 108 valence electrons. The fourth-order valence-electron chi connectivity index (χ4n) is 1.55. The highest BCUT2D eigenvalue weighted by molar-refractivity contribution is 5.42. The molecule has 0 fully saturated rings. The molecule has 0 spiro atoms. The van der Waals surface area contributed by atoms with Gasteiger partial charge in [-0.25, -0.2) is 0 Å². The molecule has 0 aliphatic heterocycles. The quantitative estimate of drug-likeness (QED) is 0.903. The van der Waals surface area contributed by atoms with Gasteiger partial charge in [-0.1, -0.05) is 31.2 Å². The van der Waals surface area contributed by atoms with Gasteiger partial charge in [-0.3, -0.25) is 4.98 Å². The van der Waals surface area contributed by atoms with E-state index in [0.717, 1.165) is 19.6 Å². The number of para-hydroxylation sites is 1. The molecule has 0 saturated carbocycles. The minimum absolute atomic E-state index is 1.01. The van der Waals surface area contributed by atoms with Crippen LogP contribution in [0.2, 0.25) is 0 Å². The van der Waals surface area contributed by atoms with Crippen LogP contribution in [0, 0.1) is 6.92 Å². The Hall–Kier alpha value is -1.87. The summed E-state index contributed by atoms with van der Waals surface area (Å²) in [6, 6.07) is 14.3. The normalized spacial score (nSPS) is 9.80. The van der Waals surface area contributed by atoms with E-state index in [2.05, 4.69) is 41.3 Å². The molecule has 0 radical (unpaired) electrons. The molecule has 1 aromatic carbocycles. The van der Waals surface area contributed by atoms with Crippen LogP contribution in [-0.2, 0) is 0 Å². The molecule has 20 heavy (non-hydrogen) atoms. The number of rotatable bonds is 5. The van der Waals surface area contributed by atoms with Crippen LogP contribution in [0.3, 0.4) is 0 Å². The van der Waals surface area contributed by atoms with E-state index in [1.807, 2.05) is 43.5 Å². The zero-order valence-electron chi connectivity index (χ0n) is 12.7. The largest absolute Gasteiger partial charge is 0.384 e. The number of hydrogen-bond acceptors (Lipinski definition) is 3. The molecule has 0 bridgehead atoms. The van der Waals surface area contributed by atoms with Crippen LogP contribution >= 0.6 is 0 Å². The number of likely N-dealkylation sites (N-methyl/N-ethyl adjacent to an activating group) is 1. The van der Waals surface area contributed by atoms with Crippen LogP contribution in [0.25, 0.3) is 0 Å². The highest BCUT2D eigenvalue weighted by Crippen LogP contribution is 2.03. The van der Waals surface area contributed by atoms with Crippen LogP contribution in [0.4, 0.5) is 5.69 Å². The van der Waals surface area contributed by atoms with E-state index < -0.39 is 0 Å². The van der Waals surface area contributed by atoms with Gasteiger partial charge in [0.15, 0.2) is 0 Å². The molecule has 0 aliphatic carbocycles. The molecule has 1 N–H and O–H groups in total. The maximum Gasteiger partial charge on any atom is 0.0340 e. The Morgan fingerprint density at radius 3 is 2.35 bits per heavy atom. The van der Waals surface area contributed by atoms with Crippen molar-refractivity contribution in [1.29, 1.82) is 0 Å². The van der Waals surface area contributed by atoms with Gasteiger partial charge in [-0.2, -0.15) is 0 Å². The number of aryl methyl sites for hydroxylation is 1. The maximum atomic E-state index is 3.88. The highest BCUT2D eigenvalue weighted by Gasteiger charge is 1.93. The van der Waals surface area contributed by atoms with Crippen LogP contribution in [0.1, 0.15) is 12.5 Å². The SMILES string of the molecule is CCN(C)CCNc1ccccc1.Cc1cccnc1. The average molecular weight is 271 g/mol. The van der Waals surface area contributed by atoms with Gasteiger partial charge in [0.05, 0.1) is 0 Å². The number of nitrogens with one attached hydrogen (secondary N) is 1. The van der Waals surface area contributed by atoms with Crippen molar-refractivity contribution >= 4 is 5.69 Å². The number of hydrogen-bond donors (Lipinski definition) is 1. The standard InChI is InChI=1S/C11H18N2.C6H7N/c1-3-13(2)10-9-12-11-7-5-4-6-8-11;1-6-3-2-4-7-5-6/h4-8,12H,3,9-10H2,1-2H3;2-5H,1H3. The third-order valence-corrected chi connectivity index (χ3v) is 2.95. The summed E-state index contributed by atoms with van der Waals surface area (Å²) in [6.07, 6.45) is 3.60. The lowest BCUT2D eigenvalue weighted by molar-refractivity contribution is 0.367. The number of pyridine rings is 1. The number of benzene rings is 1. The fraction of sp³-hybridized carbons (Fsp3) is 0.353. The monoisotopic (exact) mass is 271 g/mol. The predicted molar refractivity (Wildman–Crippen MR) is 87.1 cm³/mol. The molecule has 0 saturated heterocycles. The molecule has 3 heteroatoms. The van der Waals surface area contributed by atoms with E-state index in [9.17, 15) is 0 Å². The Kier molecular flexibility index (Phi) is 8.08. The summed E-state index contributed by atoms with van der Waals surface area (Å²) in [5.41, 5.74) is 2.41. The van der Waals surface area contributed by atoms with Crippen molar-refractivity contribution < 1.29 is 0 Å². The lowest BCUT2D eigenvalue weighted by Gasteiger charge is -2.14. The van der Waals surface area contributed by atoms with Crippen LogP contribution in [0.5, 0.6) is 0 Å². The van der Waals surface area contributed by atoms with E-state index in [0.29, 0.717) is 0 Å². The molecular formula is C17H25N3. The number of anilines is 1. The van der Waals surface area contributed by atoms with E-state index >= 15 is 0 Å². The first-order valence-electron chi connectivity index (χ1n) is 7.06. The molecule has 0 amide bonds. The molecular weight excluding hydrogens is 246 g/mol. The van der Waals surface area contributed by atoms with Crippen molar-refractivity contribution in [2.75, 3.05) is 32.0 Å². The number of aromatic nitrogens is 1. The topological polar surface area (TPSA) is 28.2 Å². The van der Waals surface area contributed by atoms with Gasteiger partial charge in [0.25, 0.3) is 0 Å². The molecule has 1 heterocycles. The summed E-state index contributed by atoms with van der Waals surface area (Å²) < 4.78 is 0. The van der Waals surface area contributed by atoms with Gasteiger partial charge in [0, 0.05) is 31.2 Å². The molecule has 0 aliphatic rings. The average Bonchev–Trinajstić information content (AvgIpc) is 2.49. The van der Waals surface area contributed by atoms with Gasteiger partial charge in [0.2, 0.25) is 0 Å². The van der Waals surface area contributed by atoms with Crippen molar-refractivity contribution in [1.82, 2.24) is 9.88 Å². The molecule has 2 rings (SSSR count). The van der Waals surface area contributed by atoms with Crippen molar-refractivity contribution in [3.63, 3.8) is 0 Å². The summed E-state index contributed by atoms with van der Waals surface area (Å²) >= 11 is 0. The third kappa shape index (κ3) is 7.54. The van der Waals surface area contributed by atoms with Gasteiger partial charge in [-0.15, -0.1) is 0 Å². The summed E-state index contributed by atoms with van der Waals surface area (Å²) in [7, 11) is 2.13. The highest BCUT2D eigenvalue weighted by atomic mass is 15.1. The minimum Gasteiger partial charge on any atom is -0.384 e. The molecule has 3 nitrogen and oxygen atoms in total. The van der Waals surface area contributed by atoms with Gasteiger partial charge < -0.3 is 10.2 Å². The van der Waals surface area contributed by atoms with E-state index in [1.165, 1.54) is 11.3 Å². The van der Waals surface area contributed by atoms with Crippen LogP contribution < -0.4 is 5.32 Å². The van der Waals surface area contributed by atoms with Gasteiger partial charge in [0.1, 0.15) is 0 Å². The summed E-state index contributed by atoms with van der Waals surface area (Å²) in [5, 5.41) is 3.37. The van der Waals surface area contributed by atoms with Crippen molar-refractivity contribution in [2.45, 2.75) is 13.8 Å². The Labute approximate surface area is 122 Å². The second-order valence-electron chi connectivity index (χ2n) is 4.72. The number of nitrogens with zero attached hydrogens (tertiary/aromatic N) is 2. The first-order valence-corrected chi connectivity index (χ1v) is 7.06. The second kappa shape index (κ2) is 9.98. The third-order valence-electron chi connectivity index (χ3n) is 2.95. The maximum absolute atomic E-state index is 3.88. The van der Waals surface area contributed by atoms with Gasteiger partial charge >= 0.3 is 0 Å². The first-order chi connectivity index (χ1) is 9.72. The Balaban J connectivity index is 0.000000240. The first kappa shape index (κ1) is 16.2. The molecule has 0 atom stereocenters. The van der Waals surface area contributed by atoms with E-state index in [4.69, 9.17) is 0 Å². The summed E-state index contributed by atoms with van der Waals surface area (Å²) in [6.45, 7) is 7.39. The van der Waals surface area contributed by atoms with Crippen molar-refractivity contribution in [2.24, 2.45) is 0 Å². The lowest BCUT2D eigenvalue weighted by atomic mass is 10.3. The lowest BCUT2D eigenvalue weighted by Crippen LogP contribution is -2.24. The minimum atomic E-state index is 1.01. The van der Waals surface area contributed by atoms with Crippen molar-refractivity contribution in [3.05, 3.63) is 60.4 Å². The second-order valence-corrected chi connectivity index (χ2v) is 4.72. The summed E-state index contributed by atoms with van der Waals surface area (Å²) in [5.74, 6) is 0. The van der Waals surface area contributed by atoms with E-state index in [-0.39, 0.29) is 0 Å². The van der Waals surface area contributed by atoms with E-state index in [1.54, 1.807) is 6.20 Å². The Morgan fingerprint density at radius 2 is 1.85 bits per heavy atom. The fourth-order valence-corrected chi connectivity index (χ4v) is 1.55. The zero-order valence-corrected chi connectivity index (χ0v) is 12.7. The molecule has 0 unspecified atom stereocenters. The molecule has 2 aromatic rings. The Bertz CT molecular complexity index is 442. The van der Waals surface area contributed by atoms with Crippen LogP contribution in [-0.4, -0.2) is 36.6 Å². The Morgan fingerprint density at radius 1 is 1.10 bits per heavy atom. The van der Waals surface area contributed by atoms with Gasteiger partial charge in [-0.05, 0) is 44.3 Å². The van der Waals surface area contributed by atoms with Crippen molar-refractivity contribution in [3.8, 4) is 0 Å². The smallest absolute Gasteiger partial charge is 0.0340 e. The predicted octanol–water partition coefficient (Wildman–Crippen LogP) is 3.44.